The number of likely N-dealkylation sites (N-methyl/N-ethyl adjacent to an activating group) is 1. The van der Waals surface area contributed by atoms with Gasteiger partial charge in [0.2, 0.25) is 5.91 Å². The van der Waals surface area contributed by atoms with E-state index in [2.05, 4.69) is 77.3 Å². The molecule has 3 fully saturated rings. The Morgan fingerprint density at radius 3 is 1.75 bits per heavy atom. The summed E-state index contributed by atoms with van der Waals surface area (Å²) in [4.78, 5) is 16.2. The summed E-state index contributed by atoms with van der Waals surface area (Å²) in [5.41, 5.74) is 1.72. The number of benzene rings is 2. The number of rotatable bonds is 8. The molecule has 0 bridgehead atoms. The molecule has 1 atom stereocenters. The first-order valence-electron chi connectivity index (χ1n) is 14.4. The number of hydrogen-bond acceptors (Lipinski definition) is 2. The SMILES string of the molecule is CN(CP(c1ccccc1)c1ccccc1)C(=O)C1CCCN1P(C1CCCCC1)C1CCCCC1. The molecule has 2 saturated carbocycles. The van der Waals surface area contributed by atoms with Crippen molar-refractivity contribution < 1.29 is 4.79 Å². The maximum Gasteiger partial charge on any atom is 0.240 e. The van der Waals surface area contributed by atoms with Gasteiger partial charge in [-0.3, -0.25) is 9.46 Å². The van der Waals surface area contributed by atoms with Crippen LogP contribution in [0.5, 0.6) is 0 Å². The van der Waals surface area contributed by atoms with E-state index in [1.54, 1.807) is 0 Å². The molecule has 0 aromatic heterocycles. The monoisotopic (exact) mass is 522 g/mol. The van der Waals surface area contributed by atoms with Gasteiger partial charge in [0.05, 0.1) is 6.04 Å². The van der Waals surface area contributed by atoms with E-state index in [1.165, 1.54) is 81.2 Å². The van der Waals surface area contributed by atoms with Crippen molar-refractivity contribution in [3.63, 3.8) is 0 Å². The maximum absolute atomic E-state index is 14.1. The lowest BCUT2D eigenvalue weighted by molar-refractivity contribution is -0.132. The van der Waals surface area contributed by atoms with Gasteiger partial charge in [0.1, 0.15) is 0 Å². The lowest BCUT2D eigenvalue weighted by atomic mass is 10.00. The van der Waals surface area contributed by atoms with Crippen molar-refractivity contribution in [2.75, 3.05) is 19.9 Å². The summed E-state index contributed by atoms with van der Waals surface area (Å²) >= 11 is 0. The molecule has 5 rings (SSSR count). The number of carbonyl (C=O) groups is 1. The van der Waals surface area contributed by atoms with E-state index >= 15 is 0 Å². The van der Waals surface area contributed by atoms with Gasteiger partial charge in [0, 0.05) is 19.9 Å². The van der Waals surface area contributed by atoms with Gasteiger partial charge in [-0.05, 0) is 76.4 Å². The normalized spacial score (nSPS) is 22.4. The van der Waals surface area contributed by atoms with Crippen LogP contribution in [-0.2, 0) is 4.79 Å². The predicted octanol–water partition coefficient (Wildman–Crippen LogP) is 7.06. The van der Waals surface area contributed by atoms with E-state index in [0.717, 1.165) is 30.6 Å². The molecule has 1 amide bonds. The lowest BCUT2D eigenvalue weighted by Gasteiger charge is -2.45. The van der Waals surface area contributed by atoms with E-state index in [4.69, 9.17) is 0 Å². The first-order valence-corrected chi connectivity index (χ1v) is 17.4. The van der Waals surface area contributed by atoms with Crippen LogP contribution in [0.4, 0.5) is 0 Å². The average Bonchev–Trinajstić information content (AvgIpc) is 3.43. The largest absolute Gasteiger partial charge is 0.340 e. The van der Waals surface area contributed by atoms with Gasteiger partial charge in [-0.15, -0.1) is 0 Å². The average molecular weight is 523 g/mol. The van der Waals surface area contributed by atoms with Crippen LogP contribution in [0.25, 0.3) is 0 Å². The van der Waals surface area contributed by atoms with Crippen LogP contribution >= 0.6 is 16.0 Å². The zero-order chi connectivity index (χ0) is 24.7. The third-order valence-electron chi connectivity index (χ3n) is 8.57. The topological polar surface area (TPSA) is 23.6 Å². The van der Waals surface area contributed by atoms with Crippen LogP contribution < -0.4 is 10.6 Å². The maximum atomic E-state index is 14.1. The number of nitrogens with zero attached hydrogens (tertiary/aromatic N) is 2. The van der Waals surface area contributed by atoms with E-state index in [9.17, 15) is 4.79 Å². The number of amides is 1. The van der Waals surface area contributed by atoms with Crippen molar-refractivity contribution in [2.24, 2.45) is 0 Å². The van der Waals surface area contributed by atoms with Crippen molar-refractivity contribution in [3.05, 3.63) is 60.7 Å². The summed E-state index contributed by atoms with van der Waals surface area (Å²) in [6.07, 6.45) is 17.1. The smallest absolute Gasteiger partial charge is 0.240 e. The van der Waals surface area contributed by atoms with Gasteiger partial charge in [-0.2, -0.15) is 0 Å². The molecule has 1 unspecified atom stereocenters. The second-order valence-electron chi connectivity index (χ2n) is 11.1. The fourth-order valence-electron chi connectivity index (χ4n) is 6.75. The molecular formula is C31H44N2OP2. The van der Waals surface area contributed by atoms with Crippen LogP contribution in [0.15, 0.2) is 60.7 Å². The summed E-state index contributed by atoms with van der Waals surface area (Å²) < 4.78 is 2.80. The molecule has 2 aromatic carbocycles. The molecule has 1 saturated heterocycles. The van der Waals surface area contributed by atoms with Crippen LogP contribution in [0.1, 0.15) is 77.0 Å². The van der Waals surface area contributed by atoms with E-state index in [-0.39, 0.29) is 14.1 Å². The van der Waals surface area contributed by atoms with Crippen LogP contribution in [-0.4, -0.2) is 52.7 Å². The highest BCUT2D eigenvalue weighted by Crippen LogP contribution is 2.60. The molecule has 1 heterocycles. The van der Waals surface area contributed by atoms with Crippen LogP contribution in [0, 0.1) is 0 Å². The van der Waals surface area contributed by atoms with Crippen molar-refractivity contribution in [1.29, 1.82) is 0 Å². The first-order chi connectivity index (χ1) is 17.7. The molecule has 0 N–H and O–H groups in total. The van der Waals surface area contributed by atoms with Crippen molar-refractivity contribution in [3.8, 4) is 0 Å². The Bertz CT molecular complexity index is 886. The standard InChI is InChI=1S/C31H44N2OP2/c1-32(25-35(26-15-6-2-7-16-26)27-17-8-3-9-18-27)31(34)30-23-14-24-33(30)36(28-19-10-4-11-20-28)29-21-12-5-13-22-29/h2-3,6-9,15-18,28-30H,4-5,10-14,19-25H2,1H3. The predicted molar refractivity (Wildman–Crippen MR) is 157 cm³/mol. The highest BCUT2D eigenvalue weighted by molar-refractivity contribution is 7.72. The zero-order valence-electron chi connectivity index (χ0n) is 22.1. The van der Waals surface area contributed by atoms with Crippen molar-refractivity contribution >= 4 is 32.5 Å². The third-order valence-corrected chi connectivity index (χ3v) is 14.7. The Labute approximate surface area is 221 Å². The molecule has 194 valence electrons. The quantitative estimate of drug-likeness (QED) is 0.347. The summed E-state index contributed by atoms with van der Waals surface area (Å²) in [5, 5.41) is 2.71. The number of carbonyl (C=O) groups excluding carboxylic acids is 1. The third kappa shape index (κ3) is 6.23. The van der Waals surface area contributed by atoms with Crippen LogP contribution in [0.3, 0.4) is 0 Å². The van der Waals surface area contributed by atoms with E-state index in [1.807, 2.05) is 0 Å². The minimum Gasteiger partial charge on any atom is -0.340 e. The Balaban J connectivity index is 1.35. The molecule has 0 radical (unpaired) electrons. The minimum atomic E-state index is -0.599. The van der Waals surface area contributed by atoms with E-state index in [0.29, 0.717) is 5.91 Å². The molecule has 2 aromatic rings. The first kappa shape index (κ1) is 26.3. The minimum absolute atomic E-state index is 0.105. The Hall–Kier alpha value is -1.27. The van der Waals surface area contributed by atoms with Crippen LogP contribution in [0.2, 0.25) is 0 Å². The molecule has 5 heteroatoms. The van der Waals surface area contributed by atoms with Gasteiger partial charge in [0.15, 0.2) is 0 Å². The number of hydrogen-bond donors (Lipinski definition) is 0. The highest BCUT2D eigenvalue weighted by Gasteiger charge is 2.43. The lowest BCUT2D eigenvalue weighted by Crippen LogP contribution is -2.45. The molecule has 1 aliphatic heterocycles. The van der Waals surface area contributed by atoms with Crippen molar-refractivity contribution in [1.82, 2.24) is 9.57 Å². The highest BCUT2D eigenvalue weighted by atomic mass is 31.1. The van der Waals surface area contributed by atoms with Gasteiger partial charge < -0.3 is 4.90 Å². The van der Waals surface area contributed by atoms with Gasteiger partial charge in [-0.1, -0.05) is 99.2 Å². The summed E-state index contributed by atoms with van der Waals surface area (Å²) in [6, 6.07) is 21.8. The second-order valence-corrected chi connectivity index (χ2v) is 16.0. The Morgan fingerprint density at radius 2 is 1.25 bits per heavy atom. The Morgan fingerprint density at radius 1 is 0.750 bits per heavy atom. The summed E-state index contributed by atoms with van der Waals surface area (Å²) in [6.45, 7) is 1.15. The Kier molecular flexibility index (Phi) is 9.51. The van der Waals surface area contributed by atoms with Gasteiger partial charge in [-0.25, -0.2) is 0 Å². The molecule has 36 heavy (non-hydrogen) atoms. The van der Waals surface area contributed by atoms with Gasteiger partial charge in [0.25, 0.3) is 0 Å². The molecule has 0 spiro atoms. The summed E-state index contributed by atoms with van der Waals surface area (Å²) in [5.74, 6) is 0.381. The molecule has 2 aliphatic carbocycles. The van der Waals surface area contributed by atoms with Gasteiger partial charge >= 0.3 is 0 Å². The fourth-order valence-corrected chi connectivity index (χ4v) is 13.1. The second kappa shape index (κ2) is 13.0. The molecule has 3 aliphatic rings. The van der Waals surface area contributed by atoms with E-state index < -0.39 is 7.92 Å². The zero-order valence-corrected chi connectivity index (χ0v) is 23.9. The summed E-state index contributed by atoms with van der Waals surface area (Å²) in [7, 11) is 1.26. The van der Waals surface area contributed by atoms with Crippen molar-refractivity contribution in [2.45, 2.75) is 94.4 Å². The molecule has 3 nitrogen and oxygen atoms in total. The molecular weight excluding hydrogens is 478 g/mol. The fraction of sp³-hybridized carbons (Fsp3) is 0.581.